The van der Waals surface area contributed by atoms with Crippen LogP contribution in [0.3, 0.4) is 0 Å². The van der Waals surface area contributed by atoms with Gasteiger partial charge in [-0.25, -0.2) is 0 Å². The fourth-order valence-electron chi connectivity index (χ4n) is 0.993. The monoisotopic (exact) mass is 192 g/mol. The van der Waals surface area contributed by atoms with E-state index in [0.29, 0.717) is 23.7 Å². The number of benzene rings is 1. The molecule has 0 spiro atoms. The SMILES string of the molecule is CCCOc1ccc(N=[N+]=[N-])cc1N. The normalized spacial score (nSPS) is 9.21. The molecule has 0 fully saturated rings. The molecular formula is C9H12N4O. The van der Waals surface area contributed by atoms with Crippen LogP contribution in [0, 0.1) is 0 Å². The predicted octanol–water partition coefficient (Wildman–Crippen LogP) is 3.00. The van der Waals surface area contributed by atoms with Crippen LogP contribution >= 0.6 is 0 Å². The summed E-state index contributed by atoms with van der Waals surface area (Å²) in [5, 5.41) is 3.43. The molecule has 0 saturated carbocycles. The Morgan fingerprint density at radius 1 is 1.57 bits per heavy atom. The Balaban J connectivity index is 2.84. The summed E-state index contributed by atoms with van der Waals surface area (Å²) >= 11 is 0. The van der Waals surface area contributed by atoms with Crippen LogP contribution in [-0.4, -0.2) is 6.61 Å². The first-order valence-electron chi connectivity index (χ1n) is 4.35. The molecule has 2 N–H and O–H groups in total. The first kappa shape index (κ1) is 10.2. The molecule has 0 unspecified atom stereocenters. The summed E-state index contributed by atoms with van der Waals surface area (Å²) in [7, 11) is 0. The van der Waals surface area contributed by atoms with Crippen molar-refractivity contribution in [3.8, 4) is 5.75 Å². The molecule has 0 atom stereocenters. The standard InChI is InChI=1S/C9H12N4O/c1-2-5-14-9-4-3-7(12-13-11)6-8(9)10/h3-4,6H,2,5,10H2,1H3. The smallest absolute Gasteiger partial charge is 0.142 e. The molecular weight excluding hydrogens is 180 g/mol. The van der Waals surface area contributed by atoms with Crippen molar-refractivity contribution in [3.63, 3.8) is 0 Å². The lowest BCUT2D eigenvalue weighted by molar-refractivity contribution is 0.319. The van der Waals surface area contributed by atoms with Gasteiger partial charge in [-0.3, -0.25) is 0 Å². The maximum atomic E-state index is 8.21. The minimum atomic E-state index is 0.489. The van der Waals surface area contributed by atoms with E-state index in [2.05, 4.69) is 10.0 Å². The molecule has 0 amide bonds. The number of nitrogens with zero attached hydrogens (tertiary/aromatic N) is 3. The second-order valence-corrected chi connectivity index (χ2v) is 2.76. The van der Waals surface area contributed by atoms with Crippen molar-refractivity contribution < 1.29 is 4.74 Å². The zero-order valence-corrected chi connectivity index (χ0v) is 7.97. The van der Waals surface area contributed by atoms with Crippen molar-refractivity contribution >= 4 is 11.4 Å². The Bertz CT molecular complexity index is 358. The van der Waals surface area contributed by atoms with Gasteiger partial charge in [0.05, 0.1) is 12.3 Å². The van der Waals surface area contributed by atoms with E-state index in [9.17, 15) is 0 Å². The molecule has 0 aliphatic heterocycles. The first-order valence-corrected chi connectivity index (χ1v) is 4.35. The van der Waals surface area contributed by atoms with Crippen molar-refractivity contribution in [1.82, 2.24) is 0 Å². The average Bonchev–Trinajstić information content (AvgIpc) is 2.17. The lowest BCUT2D eigenvalue weighted by Gasteiger charge is -2.07. The summed E-state index contributed by atoms with van der Waals surface area (Å²) in [5.74, 6) is 0.628. The van der Waals surface area contributed by atoms with E-state index in [1.165, 1.54) is 0 Å². The van der Waals surface area contributed by atoms with Gasteiger partial charge in [-0.1, -0.05) is 12.0 Å². The maximum absolute atomic E-state index is 8.21. The minimum absolute atomic E-state index is 0.489. The Kier molecular flexibility index (Phi) is 3.64. The van der Waals surface area contributed by atoms with Crippen LogP contribution in [0.15, 0.2) is 23.3 Å². The first-order chi connectivity index (χ1) is 6.77. The third-order valence-corrected chi connectivity index (χ3v) is 1.62. The lowest BCUT2D eigenvalue weighted by Crippen LogP contribution is -1.98. The summed E-state index contributed by atoms with van der Waals surface area (Å²) in [4.78, 5) is 2.67. The molecule has 5 nitrogen and oxygen atoms in total. The number of hydrogen-bond acceptors (Lipinski definition) is 3. The second-order valence-electron chi connectivity index (χ2n) is 2.76. The second kappa shape index (κ2) is 4.99. The molecule has 74 valence electrons. The Morgan fingerprint density at radius 2 is 2.36 bits per heavy atom. The van der Waals surface area contributed by atoms with Gasteiger partial charge < -0.3 is 10.5 Å². The highest BCUT2D eigenvalue weighted by atomic mass is 16.5. The van der Waals surface area contributed by atoms with Crippen LogP contribution in [-0.2, 0) is 0 Å². The molecule has 0 radical (unpaired) electrons. The summed E-state index contributed by atoms with van der Waals surface area (Å²) in [5.41, 5.74) is 14.9. The van der Waals surface area contributed by atoms with Gasteiger partial charge in [0.25, 0.3) is 0 Å². The third-order valence-electron chi connectivity index (χ3n) is 1.62. The van der Waals surface area contributed by atoms with Crippen molar-refractivity contribution in [3.05, 3.63) is 28.6 Å². The summed E-state index contributed by atoms with van der Waals surface area (Å²) in [6, 6.07) is 4.96. The fraction of sp³-hybridized carbons (Fsp3) is 0.333. The van der Waals surface area contributed by atoms with E-state index in [1.54, 1.807) is 18.2 Å². The van der Waals surface area contributed by atoms with Gasteiger partial charge in [0.2, 0.25) is 0 Å². The van der Waals surface area contributed by atoms with Crippen molar-refractivity contribution in [2.75, 3.05) is 12.3 Å². The Labute approximate surface area is 82.1 Å². The lowest BCUT2D eigenvalue weighted by atomic mass is 10.2. The number of nitrogen functional groups attached to an aromatic ring is 1. The number of hydrogen-bond donors (Lipinski definition) is 1. The predicted molar refractivity (Wildman–Crippen MR) is 55.4 cm³/mol. The van der Waals surface area contributed by atoms with Crippen LogP contribution in [0.1, 0.15) is 13.3 Å². The average molecular weight is 192 g/mol. The van der Waals surface area contributed by atoms with Crippen molar-refractivity contribution in [2.45, 2.75) is 13.3 Å². The maximum Gasteiger partial charge on any atom is 0.142 e. The highest BCUT2D eigenvalue weighted by molar-refractivity contribution is 5.60. The van der Waals surface area contributed by atoms with Crippen molar-refractivity contribution in [2.24, 2.45) is 5.11 Å². The van der Waals surface area contributed by atoms with Gasteiger partial charge in [-0.05, 0) is 30.2 Å². The number of ether oxygens (including phenoxy) is 1. The molecule has 0 aliphatic rings. The highest BCUT2D eigenvalue weighted by Crippen LogP contribution is 2.26. The molecule has 0 saturated heterocycles. The van der Waals surface area contributed by atoms with Gasteiger partial charge in [-0.2, -0.15) is 0 Å². The van der Waals surface area contributed by atoms with E-state index < -0.39 is 0 Å². The van der Waals surface area contributed by atoms with Crippen LogP contribution in [0.25, 0.3) is 10.4 Å². The largest absolute Gasteiger partial charge is 0.491 e. The quantitative estimate of drug-likeness (QED) is 0.344. The van der Waals surface area contributed by atoms with Crippen LogP contribution in [0.5, 0.6) is 5.75 Å². The number of rotatable bonds is 4. The van der Waals surface area contributed by atoms with Gasteiger partial charge in [0, 0.05) is 10.6 Å². The zero-order valence-electron chi connectivity index (χ0n) is 7.97. The Morgan fingerprint density at radius 3 is 2.93 bits per heavy atom. The van der Waals surface area contributed by atoms with Gasteiger partial charge >= 0.3 is 0 Å². The van der Waals surface area contributed by atoms with Crippen LogP contribution in [0.4, 0.5) is 11.4 Å². The number of nitrogens with two attached hydrogens (primary N) is 1. The van der Waals surface area contributed by atoms with E-state index >= 15 is 0 Å². The fourth-order valence-corrected chi connectivity index (χ4v) is 0.993. The molecule has 1 aromatic rings. The molecule has 14 heavy (non-hydrogen) atoms. The topological polar surface area (TPSA) is 84.0 Å². The Hall–Kier alpha value is -1.87. The van der Waals surface area contributed by atoms with Crippen LogP contribution < -0.4 is 10.5 Å². The molecule has 0 bridgehead atoms. The van der Waals surface area contributed by atoms with E-state index in [1.807, 2.05) is 6.92 Å². The van der Waals surface area contributed by atoms with Crippen LogP contribution in [0.2, 0.25) is 0 Å². The summed E-state index contributed by atoms with van der Waals surface area (Å²) in [6.07, 6.45) is 0.928. The molecule has 1 rings (SSSR count). The summed E-state index contributed by atoms with van der Waals surface area (Å²) < 4.78 is 5.36. The van der Waals surface area contributed by atoms with E-state index in [4.69, 9.17) is 16.0 Å². The van der Waals surface area contributed by atoms with Gasteiger partial charge in [0.1, 0.15) is 5.75 Å². The molecule has 0 aliphatic carbocycles. The molecule has 5 heteroatoms. The molecule has 0 heterocycles. The third kappa shape index (κ3) is 2.57. The number of azide groups is 1. The summed E-state index contributed by atoms with van der Waals surface area (Å²) in [6.45, 7) is 2.65. The van der Waals surface area contributed by atoms with Gasteiger partial charge in [0.15, 0.2) is 0 Å². The molecule has 0 aromatic heterocycles. The molecule has 1 aromatic carbocycles. The van der Waals surface area contributed by atoms with E-state index in [-0.39, 0.29) is 0 Å². The van der Waals surface area contributed by atoms with E-state index in [0.717, 1.165) is 6.42 Å². The van der Waals surface area contributed by atoms with Gasteiger partial charge in [-0.15, -0.1) is 0 Å². The van der Waals surface area contributed by atoms with Crippen molar-refractivity contribution in [1.29, 1.82) is 0 Å². The number of anilines is 1. The highest BCUT2D eigenvalue weighted by Gasteiger charge is 1.99. The zero-order chi connectivity index (χ0) is 10.4. The minimum Gasteiger partial charge on any atom is -0.491 e.